The van der Waals surface area contributed by atoms with Crippen LogP contribution >= 0.6 is 0 Å². The molecule has 2 aromatic rings. The number of benzene rings is 2. The van der Waals surface area contributed by atoms with Gasteiger partial charge >= 0.3 is 5.97 Å². The third kappa shape index (κ3) is 3.41. The summed E-state index contributed by atoms with van der Waals surface area (Å²) in [6.45, 7) is 10.8. The predicted molar refractivity (Wildman–Crippen MR) is 135 cm³/mol. The Hall–Kier alpha value is -3.20. The van der Waals surface area contributed by atoms with E-state index < -0.39 is 0 Å². The fourth-order valence-corrected chi connectivity index (χ4v) is 6.60. The first-order valence-corrected chi connectivity index (χ1v) is 12.4. The van der Waals surface area contributed by atoms with Gasteiger partial charge in [-0.3, -0.25) is 4.79 Å². The van der Waals surface area contributed by atoms with Crippen LogP contribution in [-0.2, 0) is 14.3 Å². The van der Waals surface area contributed by atoms with Crippen LogP contribution in [0.3, 0.4) is 0 Å². The van der Waals surface area contributed by atoms with Crippen LogP contribution in [0.15, 0.2) is 89.0 Å². The Morgan fingerprint density at radius 1 is 1.03 bits per heavy atom. The molecular weight excluding hydrogens is 420 g/mol. The molecular formula is C31H32O3. The first-order chi connectivity index (χ1) is 16.5. The van der Waals surface area contributed by atoms with Gasteiger partial charge in [-0.15, -0.1) is 0 Å². The second-order valence-corrected chi connectivity index (χ2v) is 9.77. The van der Waals surface area contributed by atoms with Crippen LogP contribution in [0.4, 0.5) is 0 Å². The summed E-state index contributed by atoms with van der Waals surface area (Å²) in [6.07, 6.45) is 2.38. The van der Waals surface area contributed by atoms with E-state index in [9.17, 15) is 9.59 Å². The number of esters is 1. The molecule has 0 spiro atoms. The number of ketones is 1. The maximum atomic E-state index is 14.2. The summed E-state index contributed by atoms with van der Waals surface area (Å²) in [5.74, 6) is -0.327. The first kappa shape index (κ1) is 22.6. The molecule has 5 rings (SSSR count). The second-order valence-electron chi connectivity index (χ2n) is 9.77. The van der Waals surface area contributed by atoms with Crippen LogP contribution in [-0.4, -0.2) is 18.4 Å². The predicted octanol–water partition coefficient (Wildman–Crippen LogP) is 6.79. The van der Waals surface area contributed by atoms with E-state index in [4.69, 9.17) is 4.74 Å². The largest absolute Gasteiger partial charge is 0.463 e. The van der Waals surface area contributed by atoms with Crippen molar-refractivity contribution < 1.29 is 14.3 Å². The molecule has 3 nitrogen and oxygen atoms in total. The molecule has 2 aromatic carbocycles. The second kappa shape index (κ2) is 8.87. The number of Topliss-reactive ketones (excluding diaryl/α,β-unsaturated/α-hetero) is 1. The molecule has 0 aliphatic heterocycles. The summed E-state index contributed by atoms with van der Waals surface area (Å²) in [5.41, 5.74) is 8.35. The standard InChI is InChI=1S/C31H32O3/c1-5-22-19(4)27(24-15-11-10-14-23(22)24)25-17-21-16-18(3)26(31(33)34-6-2)28(29(21)30(25)32)20-12-8-7-9-13-20/h7-15,22,25,27-28H,4-6,16-17H2,1-3H3. The van der Waals surface area contributed by atoms with Gasteiger partial charge in [-0.25, -0.2) is 4.79 Å². The highest BCUT2D eigenvalue weighted by Gasteiger charge is 2.49. The Morgan fingerprint density at radius 3 is 2.38 bits per heavy atom. The van der Waals surface area contributed by atoms with Crippen molar-refractivity contribution in [3.63, 3.8) is 0 Å². The topological polar surface area (TPSA) is 43.4 Å². The number of carbonyl (C=O) groups is 2. The molecule has 3 aliphatic carbocycles. The maximum absolute atomic E-state index is 14.2. The average Bonchev–Trinajstić information content (AvgIpc) is 3.30. The summed E-state index contributed by atoms with van der Waals surface area (Å²) in [4.78, 5) is 27.3. The van der Waals surface area contributed by atoms with Gasteiger partial charge in [0.15, 0.2) is 5.78 Å². The van der Waals surface area contributed by atoms with Crippen molar-refractivity contribution in [3.8, 4) is 0 Å². The van der Waals surface area contributed by atoms with Crippen molar-refractivity contribution in [2.24, 2.45) is 5.92 Å². The molecule has 4 atom stereocenters. The lowest BCUT2D eigenvalue weighted by Gasteiger charge is -2.28. The molecule has 34 heavy (non-hydrogen) atoms. The summed E-state index contributed by atoms with van der Waals surface area (Å²) in [7, 11) is 0. The lowest BCUT2D eigenvalue weighted by atomic mass is 9.74. The van der Waals surface area contributed by atoms with Crippen LogP contribution in [0.2, 0.25) is 0 Å². The Morgan fingerprint density at radius 2 is 1.71 bits per heavy atom. The van der Waals surface area contributed by atoms with Gasteiger partial charge in [-0.05, 0) is 49.8 Å². The van der Waals surface area contributed by atoms with Crippen LogP contribution in [0.25, 0.3) is 0 Å². The first-order valence-electron chi connectivity index (χ1n) is 12.4. The molecule has 0 saturated carbocycles. The van der Waals surface area contributed by atoms with Crippen LogP contribution in [0.5, 0.6) is 0 Å². The van der Waals surface area contributed by atoms with Crippen LogP contribution in [0, 0.1) is 5.92 Å². The van der Waals surface area contributed by atoms with Gasteiger partial charge in [0.25, 0.3) is 0 Å². The normalized spacial score (nSPS) is 26.1. The minimum Gasteiger partial charge on any atom is -0.463 e. The SMILES string of the molecule is C=C1C(CC)c2ccccc2C1C1CC2=C(C1=O)C(c1ccccc1)C(C(=O)OCC)=C(C)C2. The van der Waals surface area contributed by atoms with E-state index in [0.717, 1.165) is 35.1 Å². The van der Waals surface area contributed by atoms with Crippen LogP contribution < -0.4 is 0 Å². The van der Waals surface area contributed by atoms with Crippen molar-refractivity contribution in [2.75, 3.05) is 6.61 Å². The van der Waals surface area contributed by atoms with E-state index >= 15 is 0 Å². The third-order valence-electron chi connectivity index (χ3n) is 7.96. The average molecular weight is 453 g/mol. The van der Waals surface area contributed by atoms with E-state index in [0.29, 0.717) is 24.5 Å². The molecule has 0 bridgehead atoms. The lowest BCUT2D eigenvalue weighted by Crippen LogP contribution is -2.26. The number of fused-ring (bicyclic) bond motifs is 1. The van der Waals surface area contributed by atoms with Crippen molar-refractivity contribution in [1.82, 2.24) is 0 Å². The van der Waals surface area contributed by atoms with Gasteiger partial charge in [0.05, 0.1) is 6.61 Å². The highest BCUT2D eigenvalue weighted by Crippen LogP contribution is 2.57. The fraction of sp³-hybridized carbons (Fsp3) is 0.355. The van der Waals surface area contributed by atoms with Gasteiger partial charge in [-0.2, -0.15) is 0 Å². The van der Waals surface area contributed by atoms with Crippen molar-refractivity contribution in [1.29, 1.82) is 0 Å². The zero-order valence-corrected chi connectivity index (χ0v) is 20.3. The number of rotatable bonds is 5. The summed E-state index contributed by atoms with van der Waals surface area (Å²) in [5, 5.41) is 0. The molecule has 0 saturated heterocycles. The Kier molecular flexibility index (Phi) is 5.89. The minimum absolute atomic E-state index is 0.0297. The molecule has 0 fully saturated rings. The van der Waals surface area contributed by atoms with E-state index in [1.165, 1.54) is 16.7 Å². The molecule has 3 aliphatic rings. The maximum Gasteiger partial charge on any atom is 0.334 e. The highest BCUT2D eigenvalue weighted by molar-refractivity contribution is 6.07. The minimum atomic E-state index is -0.367. The Balaban J connectivity index is 1.58. The molecule has 0 N–H and O–H groups in total. The Bertz CT molecular complexity index is 1230. The highest BCUT2D eigenvalue weighted by atomic mass is 16.5. The smallest absolute Gasteiger partial charge is 0.334 e. The number of hydrogen-bond donors (Lipinski definition) is 0. The monoisotopic (exact) mass is 452 g/mol. The van der Waals surface area contributed by atoms with Gasteiger partial charge in [0, 0.05) is 34.8 Å². The quantitative estimate of drug-likeness (QED) is 0.371. The van der Waals surface area contributed by atoms with Gasteiger partial charge < -0.3 is 4.74 Å². The Labute approximate surface area is 202 Å². The van der Waals surface area contributed by atoms with Crippen LogP contribution in [0.1, 0.15) is 74.5 Å². The number of carbonyl (C=O) groups excluding carboxylic acids is 2. The van der Waals surface area contributed by atoms with E-state index in [1.807, 2.05) is 44.2 Å². The molecule has 174 valence electrons. The lowest BCUT2D eigenvalue weighted by molar-refractivity contribution is -0.138. The molecule has 0 aromatic heterocycles. The molecule has 3 heteroatoms. The summed E-state index contributed by atoms with van der Waals surface area (Å²) in [6, 6.07) is 18.5. The third-order valence-corrected chi connectivity index (χ3v) is 7.96. The zero-order chi connectivity index (χ0) is 24.0. The van der Waals surface area contributed by atoms with E-state index in [1.54, 1.807) is 0 Å². The molecule has 0 heterocycles. The van der Waals surface area contributed by atoms with Gasteiger partial charge in [0.2, 0.25) is 0 Å². The zero-order valence-electron chi connectivity index (χ0n) is 20.3. The van der Waals surface area contributed by atoms with E-state index in [2.05, 4.69) is 37.8 Å². The molecule has 0 radical (unpaired) electrons. The number of ether oxygens (including phenoxy) is 1. The fourth-order valence-electron chi connectivity index (χ4n) is 6.60. The number of hydrogen-bond acceptors (Lipinski definition) is 3. The van der Waals surface area contributed by atoms with Crippen molar-refractivity contribution in [3.05, 3.63) is 106 Å². The van der Waals surface area contributed by atoms with Gasteiger partial charge in [0.1, 0.15) is 0 Å². The summed E-state index contributed by atoms with van der Waals surface area (Å²) < 4.78 is 5.46. The van der Waals surface area contributed by atoms with Crippen molar-refractivity contribution in [2.45, 2.75) is 57.8 Å². The molecule has 0 amide bonds. The summed E-state index contributed by atoms with van der Waals surface area (Å²) >= 11 is 0. The van der Waals surface area contributed by atoms with E-state index in [-0.39, 0.29) is 29.5 Å². The number of allylic oxidation sites excluding steroid dienone is 4. The van der Waals surface area contributed by atoms with Crippen molar-refractivity contribution >= 4 is 11.8 Å². The molecule has 4 unspecified atom stereocenters. The van der Waals surface area contributed by atoms with Gasteiger partial charge in [-0.1, -0.05) is 84.8 Å².